The van der Waals surface area contributed by atoms with Crippen molar-refractivity contribution in [3.63, 3.8) is 0 Å². The van der Waals surface area contributed by atoms with E-state index in [0.29, 0.717) is 11.4 Å². The number of carbonyl (C=O) groups excluding carboxylic acids is 4. The summed E-state index contributed by atoms with van der Waals surface area (Å²) in [6.07, 6.45) is 3.38. The number of carbonyl (C=O) groups is 4. The van der Waals surface area contributed by atoms with Crippen molar-refractivity contribution in [2.75, 3.05) is 23.7 Å². The molecule has 4 aromatic rings. The Balaban J connectivity index is 1.54. The summed E-state index contributed by atoms with van der Waals surface area (Å²) in [5.74, 6) is -1.22. The molecule has 0 unspecified atom stereocenters. The number of hydrogen-bond acceptors (Lipinski definition) is 8. The van der Waals surface area contributed by atoms with Gasteiger partial charge in [-0.05, 0) is 48.5 Å². The molecule has 0 aliphatic rings. The highest BCUT2D eigenvalue weighted by atomic mass is 33.1. The second kappa shape index (κ2) is 12.4. The lowest BCUT2D eigenvalue weighted by Crippen LogP contribution is -2.31. The minimum absolute atomic E-state index is 0.118. The molecular weight excluding hydrogens is 524 g/mol. The van der Waals surface area contributed by atoms with Crippen LogP contribution in [0.4, 0.5) is 11.4 Å². The van der Waals surface area contributed by atoms with Gasteiger partial charge in [-0.3, -0.25) is 29.1 Å². The van der Waals surface area contributed by atoms with Crippen LogP contribution in [0.1, 0.15) is 13.8 Å². The third-order valence-electron chi connectivity index (χ3n) is 5.23. The zero-order valence-corrected chi connectivity index (χ0v) is 22.2. The summed E-state index contributed by atoms with van der Waals surface area (Å²) in [7, 11) is 3.00. The predicted molar refractivity (Wildman–Crippen MR) is 150 cm³/mol. The molecule has 4 amide bonds. The van der Waals surface area contributed by atoms with E-state index in [1.54, 1.807) is 24.5 Å². The first-order valence-corrected chi connectivity index (χ1v) is 13.7. The van der Waals surface area contributed by atoms with Crippen LogP contribution in [0.2, 0.25) is 0 Å². The molecule has 4 N–H and O–H groups in total. The Kier molecular flexibility index (Phi) is 8.77. The maximum atomic E-state index is 12.2. The van der Waals surface area contributed by atoms with Gasteiger partial charge in [-0.25, -0.2) is 0 Å². The molecule has 0 atom stereocenters. The SMILES string of the molecule is CC(=O)NCC(=O)Nc1ccc(SSc2ccc(NC(=O)CNC(C)=O)c3cccnc23)c2ncccc12. The predicted octanol–water partition coefficient (Wildman–Crippen LogP) is 3.73. The van der Waals surface area contributed by atoms with Crippen LogP contribution in [0.15, 0.2) is 70.7 Å². The summed E-state index contributed by atoms with van der Waals surface area (Å²) in [5, 5.41) is 12.2. The molecule has 2 heterocycles. The molecule has 0 aliphatic carbocycles. The Morgan fingerprint density at radius 1 is 0.658 bits per heavy atom. The molecule has 0 spiro atoms. The second-order valence-corrected chi connectivity index (χ2v) is 10.3. The molecule has 0 saturated heterocycles. The minimum atomic E-state index is -0.332. The molecule has 2 aromatic heterocycles. The van der Waals surface area contributed by atoms with Crippen molar-refractivity contribution in [3.05, 3.63) is 60.9 Å². The average molecular weight is 549 g/mol. The highest BCUT2D eigenvalue weighted by molar-refractivity contribution is 8.76. The standard InChI is InChI=1S/C26H24N6O4S2/c1-15(33)29-13-23(35)31-19-7-9-21(25-17(19)5-3-11-27-25)37-38-22-10-8-20(18-6-4-12-28-26(18)22)32-24(36)14-30-16(2)34/h3-12H,13-14H2,1-2H3,(H,29,33)(H,30,34)(H,31,35)(H,32,36). The zero-order chi connectivity index (χ0) is 27.1. The summed E-state index contributed by atoms with van der Waals surface area (Å²) in [5.41, 5.74) is 2.65. The van der Waals surface area contributed by atoms with Gasteiger partial charge < -0.3 is 21.3 Å². The van der Waals surface area contributed by atoms with E-state index in [2.05, 4.69) is 31.2 Å². The molecule has 10 nitrogen and oxygen atoms in total. The van der Waals surface area contributed by atoms with Crippen molar-refractivity contribution in [3.8, 4) is 0 Å². The van der Waals surface area contributed by atoms with Gasteiger partial charge in [0.2, 0.25) is 23.6 Å². The first-order valence-electron chi connectivity index (χ1n) is 11.5. The monoisotopic (exact) mass is 548 g/mol. The number of amides is 4. The highest BCUT2D eigenvalue weighted by Crippen LogP contribution is 2.44. The van der Waals surface area contributed by atoms with Crippen molar-refractivity contribution in [1.82, 2.24) is 20.6 Å². The first-order chi connectivity index (χ1) is 18.3. The van der Waals surface area contributed by atoms with E-state index < -0.39 is 0 Å². The number of aromatic nitrogens is 2. The van der Waals surface area contributed by atoms with Gasteiger partial charge in [0, 0.05) is 46.8 Å². The smallest absolute Gasteiger partial charge is 0.243 e. The fourth-order valence-corrected chi connectivity index (χ4v) is 5.79. The quantitative estimate of drug-likeness (QED) is 0.232. The van der Waals surface area contributed by atoms with Crippen molar-refractivity contribution in [2.24, 2.45) is 0 Å². The Bertz CT molecular complexity index is 1430. The molecule has 38 heavy (non-hydrogen) atoms. The first kappa shape index (κ1) is 26.9. The van der Waals surface area contributed by atoms with Crippen LogP contribution in [0.3, 0.4) is 0 Å². The van der Waals surface area contributed by atoms with Gasteiger partial charge in [-0.15, -0.1) is 0 Å². The number of rotatable bonds is 9. The lowest BCUT2D eigenvalue weighted by atomic mass is 10.2. The molecule has 194 valence electrons. The fraction of sp³-hybridized carbons (Fsp3) is 0.154. The minimum Gasteiger partial charge on any atom is -0.347 e. The lowest BCUT2D eigenvalue weighted by Gasteiger charge is -2.13. The number of anilines is 2. The number of benzene rings is 2. The van der Waals surface area contributed by atoms with E-state index in [-0.39, 0.29) is 36.7 Å². The van der Waals surface area contributed by atoms with Gasteiger partial charge in [-0.1, -0.05) is 21.6 Å². The molecule has 2 aromatic carbocycles. The molecule has 4 rings (SSSR count). The topological polar surface area (TPSA) is 142 Å². The molecule has 0 fully saturated rings. The van der Waals surface area contributed by atoms with E-state index in [0.717, 1.165) is 31.6 Å². The van der Waals surface area contributed by atoms with Crippen molar-refractivity contribution >= 4 is 78.4 Å². The van der Waals surface area contributed by atoms with Crippen LogP contribution in [0.25, 0.3) is 21.8 Å². The molecule has 12 heteroatoms. The van der Waals surface area contributed by atoms with Gasteiger partial charge in [0.15, 0.2) is 0 Å². The van der Waals surface area contributed by atoms with Crippen molar-refractivity contribution in [1.29, 1.82) is 0 Å². The van der Waals surface area contributed by atoms with Crippen LogP contribution in [0, 0.1) is 0 Å². The maximum absolute atomic E-state index is 12.2. The molecule has 0 radical (unpaired) electrons. The summed E-state index contributed by atoms with van der Waals surface area (Å²) < 4.78 is 0. The lowest BCUT2D eigenvalue weighted by molar-refractivity contribution is -0.122. The van der Waals surface area contributed by atoms with E-state index in [1.165, 1.54) is 35.4 Å². The van der Waals surface area contributed by atoms with Crippen molar-refractivity contribution < 1.29 is 19.2 Å². The van der Waals surface area contributed by atoms with Crippen LogP contribution < -0.4 is 21.3 Å². The fourth-order valence-electron chi connectivity index (χ4n) is 3.53. The molecule has 0 aliphatic heterocycles. The number of nitrogens with one attached hydrogen (secondary N) is 4. The summed E-state index contributed by atoms with van der Waals surface area (Å²) in [6, 6.07) is 14.7. The van der Waals surface area contributed by atoms with Crippen molar-refractivity contribution in [2.45, 2.75) is 23.6 Å². The number of nitrogens with zero attached hydrogens (tertiary/aromatic N) is 2. The van der Waals surface area contributed by atoms with Gasteiger partial charge >= 0.3 is 0 Å². The summed E-state index contributed by atoms with van der Waals surface area (Å²) in [4.78, 5) is 57.5. The number of pyridine rings is 2. The maximum Gasteiger partial charge on any atom is 0.243 e. The third kappa shape index (κ3) is 6.78. The van der Waals surface area contributed by atoms with Gasteiger partial charge in [0.05, 0.1) is 35.5 Å². The zero-order valence-electron chi connectivity index (χ0n) is 20.5. The Labute approximate surface area is 226 Å². The average Bonchev–Trinajstić information content (AvgIpc) is 2.91. The Morgan fingerprint density at radius 2 is 1.08 bits per heavy atom. The largest absolute Gasteiger partial charge is 0.347 e. The second-order valence-electron chi connectivity index (χ2n) is 8.10. The summed E-state index contributed by atoms with van der Waals surface area (Å²) >= 11 is 0. The van der Waals surface area contributed by atoms with Crippen LogP contribution in [0.5, 0.6) is 0 Å². The highest BCUT2D eigenvalue weighted by Gasteiger charge is 2.14. The van der Waals surface area contributed by atoms with E-state index in [1.807, 2.05) is 36.4 Å². The van der Waals surface area contributed by atoms with Crippen LogP contribution in [-0.4, -0.2) is 46.7 Å². The van der Waals surface area contributed by atoms with Crippen LogP contribution >= 0.6 is 21.6 Å². The Hall–Kier alpha value is -4.16. The normalized spacial score (nSPS) is 10.7. The van der Waals surface area contributed by atoms with E-state index >= 15 is 0 Å². The molecular formula is C26H24N6O4S2. The van der Waals surface area contributed by atoms with Crippen LogP contribution in [-0.2, 0) is 19.2 Å². The van der Waals surface area contributed by atoms with E-state index in [4.69, 9.17) is 0 Å². The number of fused-ring (bicyclic) bond motifs is 2. The van der Waals surface area contributed by atoms with E-state index in [9.17, 15) is 19.2 Å². The molecule has 0 bridgehead atoms. The summed E-state index contributed by atoms with van der Waals surface area (Å²) in [6.45, 7) is 2.47. The van der Waals surface area contributed by atoms with Gasteiger partial charge in [-0.2, -0.15) is 0 Å². The third-order valence-corrected chi connectivity index (χ3v) is 7.66. The van der Waals surface area contributed by atoms with Gasteiger partial charge in [0.25, 0.3) is 0 Å². The molecule has 0 saturated carbocycles. The Morgan fingerprint density at radius 3 is 1.47 bits per heavy atom. The number of hydrogen-bond donors (Lipinski definition) is 4. The van der Waals surface area contributed by atoms with Gasteiger partial charge in [0.1, 0.15) is 0 Å².